The second-order valence-corrected chi connectivity index (χ2v) is 2.65. The van der Waals surface area contributed by atoms with Gasteiger partial charge in [-0.25, -0.2) is 8.78 Å². The minimum absolute atomic E-state index is 0.124. The standard InChI is InChI=1S/C9H8F2N2/c1-6-7(2-3-12)4-8(5-13-6)9(10)11/h4-5,9H,2H2,1H3. The molecule has 0 atom stereocenters. The molecule has 0 aliphatic rings. The van der Waals surface area contributed by atoms with E-state index < -0.39 is 6.43 Å². The molecular weight excluding hydrogens is 174 g/mol. The Kier molecular flexibility index (Phi) is 2.91. The summed E-state index contributed by atoms with van der Waals surface area (Å²) >= 11 is 0. The van der Waals surface area contributed by atoms with Gasteiger partial charge in [-0.05, 0) is 18.6 Å². The Morgan fingerprint density at radius 3 is 2.85 bits per heavy atom. The van der Waals surface area contributed by atoms with E-state index in [1.165, 1.54) is 6.07 Å². The van der Waals surface area contributed by atoms with Gasteiger partial charge in [-0.15, -0.1) is 0 Å². The highest BCUT2D eigenvalue weighted by Crippen LogP contribution is 2.19. The molecule has 1 aromatic heterocycles. The van der Waals surface area contributed by atoms with Crippen molar-refractivity contribution in [3.63, 3.8) is 0 Å². The van der Waals surface area contributed by atoms with E-state index in [1.54, 1.807) is 6.92 Å². The maximum Gasteiger partial charge on any atom is 0.265 e. The number of aromatic nitrogens is 1. The van der Waals surface area contributed by atoms with Gasteiger partial charge in [0, 0.05) is 17.5 Å². The normalized spacial score (nSPS) is 10.1. The topological polar surface area (TPSA) is 36.7 Å². The zero-order valence-corrected chi connectivity index (χ0v) is 7.09. The number of hydrogen-bond donors (Lipinski definition) is 0. The van der Waals surface area contributed by atoms with Crippen molar-refractivity contribution < 1.29 is 8.78 Å². The Morgan fingerprint density at radius 1 is 1.62 bits per heavy atom. The molecule has 2 nitrogen and oxygen atoms in total. The van der Waals surface area contributed by atoms with Crippen LogP contribution in [0.1, 0.15) is 23.2 Å². The van der Waals surface area contributed by atoms with Gasteiger partial charge >= 0.3 is 0 Å². The van der Waals surface area contributed by atoms with Crippen molar-refractivity contribution in [2.24, 2.45) is 0 Å². The lowest BCUT2D eigenvalue weighted by Gasteiger charge is -2.03. The van der Waals surface area contributed by atoms with E-state index in [9.17, 15) is 8.78 Å². The van der Waals surface area contributed by atoms with Crippen LogP contribution in [0.3, 0.4) is 0 Å². The number of halogens is 2. The SMILES string of the molecule is Cc1ncc(C(F)F)cc1CC#N. The first kappa shape index (κ1) is 9.59. The molecule has 1 rings (SSSR count). The molecule has 4 heteroatoms. The Balaban J connectivity index is 3.05. The molecule has 0 aliphatic heterocycles. The van der Waals surface area contributed by atoms with Gasteiger partial charge in [-0.1, -0.05) is 0 Å². The van der Waals surface area contributed by atoms with E-state index in [4.69, 9.17) is 5.26 Å². The maximum atomic E-state index is 12.2. The largest absolute Gasteiger partial charge is 0.265 e. The molecule has 13 heavy (non-hydrogen) atoms. The van der Waals surface area contributed by atoms with Crippen LogP contribution in [0.25, 0.3) is 0 Å². The van der Waals surface area contributed by atoms with Crippen molar-refractivity contribution in [2.75, 3.05) is 0 Å². The van der Waals surface area contributed by atoms with E-state index in [2.05, 4.69) is 4.98 Å². The quantitative estimate of drug-likeness (QED) is 0.704. The van der Waals surface area contributed by atoms with Gasteiger partial charge in [0.25, 0.3) is 6.43 Å². The fourth-order valence-electron chi connectivity index (χ4n) is 0.981. The summed E-state index contributed by atoms with van der Waals surface area (Å²) in [6.45, 7) is 1.70. The summed E-state index contributed by atoms with van der Waals surface area (Å²) in [4.78, 5) is 3.79. The molecule has 0 spiro atoms. The second kappa shape index (κ2) is 3.94. The zero-order valence-electron chi connectivity index (χ0n) is 7.09. The monoisotopic (exact) mass is 182 g/mol. The van der Waals surface area contributed by atoms with Gasteiger partial charge in [-0.3, -0.25) is 4.98 Å². The summed E-state index contributed by atoms with van der Waals surface area (Å²) in [6, 6.07) is 3.24. The molecule has 1 aromatic rings. The fraction of sp³-hybridized carbons (Fsp3) is 0.333. The average Bonchev–Trinajstić information content (AvgIpc) is 2.08. The molecule has 0 saturated carbocycles. The van der Waals surface area contributed by atoms with Crippen LogP contribution in [0.5, 0.6) is 0 Å². The number of pyridine rings is 1. The van der Waals surface area contributed by atoms with Gasteiger partial charge in [0.2, 0.25) is 0 Å². The van der Waals surface area contributed by atoms with Crippen LogP contribution in [0.2, 0.25) is 0 Å². The molecule has 0 amide bonds. The molecule has 0 N–H and O–H groups in total. The zero-order chi connectivity index (χ0) is 9.84. The molecule has 0 saturated heterocycles. The molecule has 0 aliphatic carbocycles. The molecule has 0 radical (unpaired) electrons. The molecule has 0 unspecified atom stereocenters. The van der Waals surface area contributed by atoms with E-state index >= 15 is 0 Å². The number of aryl methyl sites for hydroxylation is 1. The fourth-order valence-corrected chi connectivity index (χ4v) is 0.981. The Bertz CT molecular complexity index is 342. The maximum absolute atomic E-state index is 12.2. The van der Waals surface area contributed by atoms with Gasteiger partial charge < -0.3 is 0 Å². The van der Waals surface area contributed by atoms with Crippen molar-refractivity contribution >= 4 is 0 Å². The first-order chi connectivity index (χ1) is 6.15. The summed E-state index contributed by atoms with van der Waals surface area (Å²) in [7, 11) is 0. The Morgan fingerprint density at radius 2 is 2.31 bits per heavy atom. The molecule has 68 valence electrons. The lowest BCUT2D eigenvalue weighted by molar-refractivity contribution is 0.151. The molecule has 0 fully saturated rings. The van der Waals surface area contributed by atoms with Gasteiger partial charge in [-0.2, -0.15) is 5.26 Å². The van der Waals surface area contributed by atoms with E-state index in [-0.39, 0.29) is 12.0 Å². The molecular formula is C9H8F2N2. The smallest absolute Gasteiger partial charge is 0.261 e. The van der Waals surface area contributed by atoms with Crippen LogP contribution in [0.4, 0.5) is 8.78 Å². The molecule has 0 bridgehead atoms. The third-order valence-electron chi connectivity index (χ3n) is 1.73. The summed E-state index contributed by atoms with van der Waals surface area (Å²) in [6.07, 6.45) is -1.26. The van der Waals surface area contributed by atoms with Crippen LogP contribution in [-0.4, -0.2) is 4.98 Å². The Hall–Kier alpha value is -1.50. The number of hydrogen-bond acceptors (Lipinski definition) is 2. The summed E-state index contributed by atoms with van der Waals surface area (Å²) < 4.78 is 24.4. The van der Waals surface area contributed by atoms with E-state index in [0.717, 1.165) is 6.20 Å². The predicted octanol–water partition coefficient (Wildman–Crippen LogP) is 2.39. The Labute approximate surface area is 74.8 Å². The lowest BCUT2D eigenvalue weighted by Crippen LogP contribution is -1.95. The highest BCUT2D eigenvalue weighted by Gasteiger charge is 2.09. The molecule has 1 heterocycles. The summed E-state index contributed by atoms with van der Waals surface area (Å²) in [5.74, 6) is 0. The van der Waals surface area contributed by atoms with Crippen LogP contribution < -0.4 is 0 Å². The first-order valence-corrected chi connectivity index (χ1v) is 3.75. The van der Waals surface area contributed by atoms with E-state index in [0.29, 0.717) is 11.3 Å². The highest BCUT2D eigenvalue weighted by atomic mass is 19.3. The molecule has 0 aromatic carbocycles. The summed E-state index contributed by atoms with van der Waals surface area (Å²) in [5, 5.41) is 8.41. The lowest BCUT2D eigenvalue weighted by atomic mass is 10.1. The highest BCUT2D eigenvalue weighted by molar-refractivity contribution is 5.27. The number of nitriles is 1. The second-order valence-electron chi connectivity index (χ2n) is 2.65. The van der Waals surface area contributed by atoms with Crippen LogP contribution in [0, 0.1) is 18.3 Å². The van der Waals surface area contributed by atoms with Crippen molar-refractivity contribution in [1.82, 2.24) is 4.98 Å². The van der Waals surface area contributed by atoms with Crippen molar-refractivity contribution in [1.29, 1.82) is 5.26 Å². The van der Waals surface area contributed by atoms with Gasteiger partial charge in [0.1, 0.15) is 0 Å². The number of rotatable bonds is 2. The van der Waals surface area contributed by atoms with E-state index in [1.807, 2.05) is 6.07 Å². The predicted molar refractivity (Wildman–Crippen MR) is 43.2 cm³/mol. The number of nitrogens with zero attached hydrogens (tertiary/aromatic N) is 2. The summed E-state index contributed by atoms with van der Waals surface area (Å²) in [5.41, 5.74) is 1.07. The van der Waals surface area contributed by atoms with Crippen molar-refractivity contribution in [3.8, 4) is 6.07 Å². The minimum atomic E-state index is -2.52. The number of alkyl halides is 2. The third kappa shape index (κ3) is 2.22. The van der Waals surface area contributed by atoms with Crippen LogP contribution in [0.15, 0.2) is 12.3 Å². The first-order valence-electron chi connectivity index (χ1n) is 3.75. The van der Waals surface area contributed by atoms with Crippen LogP contribution in [-0.2, 0) is 6.42 Å². The van der Waals surface area contributed by atoms with Crippen LogP contribution >= 0.6 is 0 Å². The van der Waals surface area contributed by atoms with Gasteiger partial charge in [0.15, 0.2) is 0 Å². The minimum Gasteiger partial charge on any atom is -0.261 e. The third-order valence-corrected chi connectivity index (χ3v) is 1.73. The average molecular weight is 182 g/mol. The van der Waals surface area contributed by atoms with Crippen molar-refractivity contribution in [2.45, 2.75) is 19.8 Å². The van der Waals surface area contributed by atoms with Crippen molar-refractivity contribution in [3.05, 3.63) is 29.1 Å². The van der Waals surface area contributed by atoms with Gasteiger partial charge in [0.05, 0.1) is 12.5 Å².